The summed E-state index contributed by atoms with van der Waals surface area (Å²) in [5, 5.41) is 2.88. The van der Waals surface area contributed by atoms with Gasteiger partial charge in [0.05, 0.1) is 18.5 Å². The molecule has 2 aromatic heterocycles. The van der Waals surface area contributed by atoms with Gasteiger partial charge in [0.25, 0.3) is 0 Å². The zero-order valence-electron chi connectivity index (χ0n) is 14.6. The monoisotopic (exact) mass is 339 g/mol. The molecule has 0 unspecified atom stereocenters. The van der Waals surface area contributed by atoms with Crippen LogP contribution in [0, 0.1) is 0 Å². The number of ether oxygens (including phenoxy) is 1. The van der Waals surface area contributed by atoms with Gasteiger partial charge in [-0.05, 0) is 18.6 Å². The second-order valence-corrected chi connectivity index (χ2v) is 5.67. The highest BCUT2D eigenvalue weighted by atomic mass is 16.5. The molecule has 0 saturated heterocycles. The van der Waals surface area contributed by atoms with Crippen LogP contribution < -0.4 is 10.1 Å². The lowest BCUT2D eigenvalue weighted by Crippen LogP contribution is -2.11. The summed E-state index contributed by atoms with van der Waals surface area (Å²) >= 11 is 0. The van der Waals surface area contributed by atoms with Crippen molar-refractivity contribution >= 4 is 11.6 Å². The van der Waals surface area contributed by atoms with Crippen molar-refractivity contribution in [2.24, 2.45) is 7.05 Å². The zero-order chi connectivity index (χ0) is 17.8. The van der Waals surface area contributed by atoms with Crippen LogP contribution in [0.2, 0.25) is 0 Å². The van der Waals surface area contributed by atoms with Gasteiger partial charge in [0.1, 0.15) is 5.75 Å². The van der Waals surface area contributed by atoms with Gasteiger partial charge >= 0.3 is 0 Å². The van der Waals surface area contributed by atoms with Crippen molar-refractivity contribution in [2.45, 2.75) is 19.8 Å². The van der Waals surface area contributed by atoms with E-state index in [4.69, 9.17) is 4.74 Å². The quantitative estimate of drug-likeness (QED) is 0.749. The number of nitrogens with zero attached hydrogens (tertiary/aromatic N) is 4. The van der Waals surface area contributed by atoms with Crippen molar-refractivity contribution < 1.29 is 9.53 Å². The molecular weight excluding hydrogens is 318 g/mol. The van der Waals surface area contributed by atoms with Gasteiger partial charge in [-0.25, -0.2) is 9.97 Å². The molecule has 2 heterocycles. The van der Waals surface area contributed by atoms with Gasteiger partial charge in [-0.2, -0.15) is 0 Å². The first-order valence-corrected chi connectivity index (χ1v) is 8.13. The fourth-order valence-corrected chi connectivity index (χ4v) is 2.63. The van der Waals surface area contributed by atoms with Crippen molar-refractivity contribution in [2.75, 3.05) is 12.4 Å². The topological polar surface area (TPSA) is 74.0 Å². The average molecular weight is 339 g/mol. The fraction of sp³-hybridized carbons (Fsp3) is 0.278. The number of hydrogen-bond donors (Lipinski definition) is 1. The Balaban J connectivity index is 1.96. The Morgan fingerprint density at radius 3 is 2.64 bits per heavy atom. The molecule has 0 bridgehead atoms. The third-order valence-electron chi connectivity index (χ3n) is 3.88. The third kappa shape index (κ3) is 3.40. The maximum absolute atomic E-state index is 11.8. The second-order valence-electron chi connectivity index (χ2n) is 5.67. The zero-order valence-corrected chi connectivity index (χ0v) is 14.6. The number of methoxy groups -OCH3 is 1. The van der Waals surface area contributed by atoms with Gasteiger partial charge in [-0.3, -0.25) is 9.36 Å². The van der Waals surface area contributed by atoms with Crippen LogP contribution in [0.15, 0.2) is 43.0 Å². The molecule has 0 aliphatic heterocycles. The maximum Gasteiger partial charge on any atom is 0.224 e. The molecule has 0 radical (unpaired) electrons. The van der Waals surface area contributed by atoms with Gasteiger partial charge in [-0.1, -0.05) is 6.92 Å². The molecule has 130 valence electrons. The van der Waals surface area contributed by atoms with Crippen LogP contribution in [-0.4, -0.2) is 32.1 Å². The molecule has 0 fully saturated rings. The van der Waals surface area contributed by atoms with Crippen LogP contribution in [0.5, 0.6) is 5.75 Å². The fourth-order valence-electron chi connectivity index (χ4n) is 2.63. The molecule has 1 aromatic carbocycles. The number of anilines is 1. The summed E-state index contributed by atoms with van der Waals surface area (Å²) in [4.78, 5) is 20.6. The smallest absolute Gasteiger partial charge is 0.224 e. The van der Waals surface area contributed by atoms with E-state index in [2.05, 4.69) is 15.3 Å². The number of carbonyl (C=O) groups is 1. The van der Waals surface area contributed by atoms with Gasteiger partial charge in [0, 0.05) is 44.3 Å². The molecule has 0 aliphatic carbocycles. The number of aromatic nitrogens is 4. The van der Waals surface area contributed by atoms with Crippen LogP contribution >= 0.6 is 0 Å². The Kier molecular flexibility index (Phi) is 4.83. The number of amides is 1. The molecule has 1 amide bonds. The standard InChI is InChI=1S/C18H21N5O2/c1-4-5-16(24)21-14-7-6-13(12-15(14)25-3)23-11-9-20-18(23)17-19-8-10-22(17)2/h6-12H,4-5H2,1-3H3,(H,21,24). The van der Waals surface area contributed by atoms with Gasteiger partial charge in [0.15, 0.2) is 11.6 Å². The minimum Gasteiger partial charge on any atom is -0.494 e. The number of aryl methyl sites for hydroxylation is 1. The summed E-state index contributed by atoms with van der Waals surface area (Å²) in [7, 11) is 3.51. The summed E-state index contributed by atoms with van der Waals surface area (Å²) in [5.74, 6) is 2.08. The highest BCUT2D eigenvalue weighted by molar-refractivity contribution is 5.92. The minimum absolute atomic E-state index is 0.0233. The predicted octanol–water partition coefficient (Wildman–Crippen LogP) is 3.02. The molecule has 1 N–H and O–H groups in total. The van der Waals surface area contributed by atoms with E-state index < -0.39 is 0 Å². The Hall–Kier alpha value is -3.09. The predicted molar refractivity (Wildman–Crippen MR) is 95.9 cm³/mol. The molecule has 3 aromatic rings. The van der Waals surface area contributed by atoms with Gasteiger partial charge in [-0.15, -0.1) is 0 Å². The molecule has 0 saturated carbocycles. The molecule has 3 rings (SSSR count). The average Bonchev–Trinajstić information content (AvgIpc) is 3.23. The normalized spacial score (nSPS) is 10.7. The lowest BCUT2D eigenvalue weighted by atomic mass is 10.2. The van der Waals surface area contributed by atoms with E-state index in [0.717, 1.165) is 23.8 Å². The van der Waals surface area contributed by atoms with Crippen molar-refractivity contribution in [3.8, 4) is 23.1 Å². The molecule has 7 nitrogen and oxygen atoms in total. The molecule has 0 aliphatic rings. The second kappa shape index (κ2) is 7.21. The van der Waals surface area contributed by atoms with Crippen LogP contribution in [-0.2, 0) is 11.8 Å². The van der Waals surface area contributed by atoms with Gasteiger partial charge < -0.3 is 14.6 Å². The Morgan fingerprint density at radius 1 is 1.20 bits per heavy atom. The summed E-state index contributed by atoms with van der Waals surface area (Å²) < 4.78 is 9.29. The lowest BCUT2D eigenvalue weighted by Gasteiger charge is -2.13. The van der Waals surface area contributed by atoms with E-state index in [-0.39, 0.29) is 5.91 Å². The van der Waals surface area contributed by atoms with E-state index in [0.29, 0.717) is 17.9 Å². The van der Waals surface area contributed by atoms with Crippen LogP contribution in [0.1, 0.15) is 19.8 Å². The molecular formula is C18H21N5O2. The van der Waals surface area contributed by atoms with Crippen LogP contribution in [0.4, 0.5) is 5.69 Å². The minimum atomic E-state index is -0.0233. The van der Waals surface area contributed by atoms with E-state index >= 15 is 0 Å². The maximum atomic E-state index is 11.8. The summed E-state index contributed by atoms with van der Waals surface area (Å²) in [5.41, 5.74) is 1.53. The highest BCUT2D eigenvalue weighted by Gasteiger charge is 2.14. The number of carbonyl (C=O) groups excluding carboxylic acids is 1. The first kappa shape index (κ1) is 16.8. The number of benzene rings is 1. The lowest BCUT2D eigenvalue weighted by molar-refractivity contribution is -0.116. The Labute approximate surface area is 146 Å². The Morgan fingerprint density at radius 2 is 1.96 bits per heavy atom. The number of hydrogen-bond acceptors (Lipinski definition) is 4. The van der Waals surface area contributed by atoms with E-state index in [1.807, 2.05) is 53.7 Å². The number of nitrogens with one attached hydrogen (secondary N) is 1. The molecule has 0 atom stereocenters. The number of imidazole rings is 2. The van der Waals surface area contributed by atoms with Crippen molar-refractivity contribution in [1.29, 1.82) is 0 Å². The van der Waals surface area contributed by atoms with Crippen LogP contribution in [0.3, 0.4) is 0 Å². The van der Waals surface area contributed by atoms with Crippen molar-refractivity contribution in [3.63, 3.8) is 0 Å². The van der Waals surface area contributed by atoms with Crippen molar-refractivity contribution in [3.05, 3.63) is 43.0 Å². The van der Waals surface area contributed by atoms with Gasteiger partial charge in [0.2, 0.25) is 5.91 Å². The van der Waals surface area contributed by atoms with E-state index in [1.165, 1.54) is 0 Å². The molecule has 25 heavy (non-hydrogen) atoms. The SMILES string of the molecule is CCCC(=O)Nc1ccc(-n2ccnc2-c2nccn2C)cc1OC. The van der Waals surface area contributed by atoms with Crippen LogP contribution in [0.25, 0.3) is 17.3 Å². The van der Waals surface area contributed by atoms with Crippen molar-refractivity contribution in [1.82, 2.24) is 19.1 Å². The Bertz CT molecular complexity index is 881. The first-order valence-electron chi connectivity index (χ1n) is 8.13. The highest BCUT2D eigenvalue weighted by Crippen LogP contribution is 2.29. The number of rotatable bonds is 6. The largest absolute Gasteiger partial charge is 0.494 e. The van der Waals surface area contributed by atoms with E-state index in [1.54, 1.807) is 19.5 Å². The first-order chi connectivity index (χ1) is 12.1. The molecule has 0 spiro atoms. The third-order valence-corrected chi connectivity index (χ3v) is 3.88. The van der Waals surface area contributed by atoms with E-state index in [9.17, 15) is 4.79 Å². The molecule has 7 heteroatoms. The summed E-state index contributed by atoms with van der Waals surface area (Å²) in [6, 6.07) is 5.62. The summed E-state index contributed by atoms with van der Waals surface area (Å²) in [6.45, 7) is 1.97. The summed E-state index contributed by atoms with van der Waals surface area (Å²) in [6.07, 6.45) is 8.49.